The number of fused-ring (bicyclic) bond motifs is 1. The van der Waals surface area contributed by atoms with Crippen molar-refractivity contribution in [1.29, 1.82) is 0 Å². The molecule has 1 aromatic rings. The highest BCUT2D eigenvalue weighted by atomic mass is 79.9. The Bertz CT molecular complexity index is 492. The van der Waals surface area contributed by atoms with Crippen molar-refractivity contribution in [2.45, 2.75) is 12.7 Å². The second-order valence-electron chi connectivity index (χ2n) is 5.67. The minimum atomic E-state index is -4.30. The number of halogens is 4. The third-order valence-electron chi connectivity index (χ3n) is 4.24. The Labute approximate surface area is 124 Å². The topological polar surface area (TPSA) is 15.3 Å². The van der Waals surface area contributed by atoms with E-state index in [1.807, 2.05) is 0 Å². The molecule has 0 saturated carbocycles. The first-order chi connectivity index (χ1) is 9.43. The molecule has 0 bridgehead atoms. The lowest BCUT2D eigenvalue weighted by Gasteiger charge is -2.20. The molecule has 1 aromatic carbocycles. The average Bonchev–Trinajstić information content (AvgIpc) is 2.90. The summed E-state index contributed by atoms with van der Waals surface area (Å²) in [5, 5.41) is 3.34. The van der Waals surface area contributed by atoms with Crippen LogP contribution in [0.1, 0.15) is 11.1 Å². The quantitative estimate of drug-likeness (QED) is 0.883. The Morgan fingerprint density at radius 3 is 2.45 bits per heavy atom. The molecule has 2 fully saturated rings. The van der Waals surface area contributed by atoms with Crippen LogP contribution in [0.3, 0.4) is 0 Å². The maximum Gasteiger partial charge on any atom is 0.416 e. The van der Waals surface area contributed by atoms with Crippen molar-refractivity contribution in [2.24, 2.45) is 11.8 Å². The van der Waals surface area contributed by atoms with Crippen molar-refractivity contribution in [2.75, 3.05) is 26.2 Å². The van der Waals surface area contributed by atoms with Crippen LogP contribution in [-0.4, -0.2) is 31.1 Å². The maximum atomic E-state index is 13.1. The molecule has 20 heavy (non-hydrogen) atoms. The van der Waals surface area contributed by atoms with Gasteiger partial charge >= 0.3 is 6.18 Å². The highest BCUT2D eigenvalue weighted by molar-refractivity contribution is 9.10. The van der Waals surface area contributed by atoms with Gasteiger partial charge in [-0.3, -0.25) is 4.90 Å². The molecular weight excluding hydrogens is 333 g/mol. The van der Waals surface area contributed by atoms with Gasteiger partial charge in [0.1, 0.15) is 0 Å². The van der Waals surface area contributed by atoms with Crippen molar-refractivity contribution in [3.05, 3.63) is 33.8 Å². The smallest absolute Gasteiger partial charge is 0.316 e. The summed E-state index contributed by atoms with van der Waals surface area (Å²) in [6.07, 6.45) is -4.30. The lowest BCUT2D eigenvalue weighted by Crippen LogP contribution is -2.26. The van der Waals surface area contributed by atoms with Crippen molar-refractivity contribution in [3.8, 4) is 0 Å². The molecule has 2 heterocycles. The van der Waals surface area contributed by atoms with Crippen LogP contribution in [0.4, 0.5) is 13.2 Å². The SMILES string of the molecule is FC(F)(F)c1cc(Br)ccc1CN1C[C@H]2CNC[C@H]2C1. The summed E-state index contributed by atoms with van der Waals surface area (Å²) in [6.45, 7) is 4.16. The van der Waals surface area contributed by atoms with E-state index in [-0.39, 0.29) is 0 Å². The lowest BCUT2D eigenvalue weighted by atomic mass is 10.0. The zero-order valence-corrected chi connectivity index (χ0v) is 12.5. The van der Waals surface area contributed by atoms with Gasteiger partial charge in [-0.05, 0) is 42.6 Å². The second-order valence-corrected chi connectivity index (χ2v) is 6.59. The number of benzene rings is 1. The fourth-order valence-corrected chi connectivity index (χ4v) is 3.63. The van der Waals surface area contributed by atoms with E-state index in [0.29, 0.717) is 28.4 Å². The van der Waals surface area contributed by atoms with Crippen molar-refractivity contribution in [3.63, 3.8) is 0 Å². The van der Waals surface area contributed by atoms with Gasteiger partial charge in [0.05, 0.1) is 5.56 Å². The molecule has 2 aliphatic heterocycles. The van der Waals surface area contributed by atoms with Crippen LogP contribution < -0.4 is 5.32 Å². The number of likely N-dealkylation sites (tertiary alicyclic amines) is 1. The van der Waals surface area contributed by atoms with Gasteiger partial charge in [-0.1, -0.05) is 22.0 Å². The van der Waals surface area contributed by atoms with Crippen LogP contribution in [-0.2, 0) is 12.7 Å². The number of nitrogens with zero attached hydrogens (tertiary/aromatic N) is 1. The Balaban J connectivity index is 1.78. The van der Waals surface area contributed by atoms with E-state index in [4.69, 9.17) is 0 Å². The number of rotatable bonds is 2. The Morgan fingerprint density at radius 2 is 1.85 bits per heavy atom. The Kier molecular flexibility index (Phi) is 3.81. The first kappa shape index (κ1) is 14.4. The number of nitrogens with one attached hydrogen (secondary N) is 1. The summed E-state index contributed by atoms with van der Waals surface area (Å²) in [4.78, 5) is 2.15. The minimum absolute atomic E-state index is 0.369. The van der Waals surface area contributed by atoms with Gasteiger partial charge in [0.15, 0.2) is 0 Å². The lowest BCUT2D eigenvalue weighted by molar-refractivity contribution is -0.138. The molecule has 0 amide bonds. The monoisotopic (exact) mass is 348 g/mol. The van der Waals surface area contributed by atoms with E-state index in [1.54, 1.807) is 12.1 Å². The van der Waals surface area contributed by atoms with E-state index >= 15 is 0 Å². The van der Waals surface area contributed by atoms with Crippen molar-refractivity contribution in [1.82, 2.24) is 10.2 Å². The fourth-order valence-electron chi connectivity index (χ4n) is 3.27. The van der Waals surface area contributed by atoms with Gasteiger partial charge in [-0.2, -0.15) is 13.2 Å². The Hall–Kier alpha value is -0.590. The maximum absolute atomic E-state index is 13.1. The molecule has 0 aliphatic carbocycles. The normalized spacial score (nSPS) is 27.0. The van der Waals surface area contributed by atoms with Crippen LogP contribution >= 0.6 is 15.9 Å². The van der Waals surface area contributed by atoms with Crippen LogP contribution in [0, 0.1) is 11.8 Å². The molecule has 0 unspecified atom stereocenters. The molecule has 0 spiro atoms. The van der Waals surface area contributed by atoms with Gasteiger partial charge < -0.3 is 5.32 Å². The van der Waals surface area contributed by atoms with Gasteiger partial charge in [0.25, 0.3) is 0 Å². The minimum Gasteiger partial charge on any atom is -0.316 e. The van der Waals surface area contributed by atoms with E-state index in [2.05, 4.69) is 26.1 Å². The predicted molar refractivity (Wildman–Crippen MR) is 74.3 cm³/mol. The predicted octanol–water partition coefficient (Wildman–Crippen LogP) is 3.12. The van der Waals surface area contributed by atoms with E-state index in [0.717, 1.165) is 26.2 Å². The molecule has 2 atom stereocenters. The summed E-state index contributed by atoms with van der Waals surface area (Å²) in [5.74, 6) is 1.19. The third kappa shape index (κ3) is 2.87. The molecule has 110 valence electrons. The number of hydrogen-bond acceptors (Lipinski definition) is 2. The van der Waals surface area contributed by atoms with Gasteiger partial charge in [-0.25, -0.2) is 0 Å². The van der Waals surface area contributed by atoms with Crippen molar-refractivity contribution >= 4 is 15.9 Å². The zero-order valence-electron chi connectivity index (χ0n) is 10.9. The average molecular weight is 349 g/mol. The largest absolute Gasteiger partial charge is 0.416 e. The standard InChI is InChI=1S/C14H16BrF3N2/c15-12-2-1-9(13(3-12)14(16,17)18)6-20-7-10-4-19-5-11(10)8-20/h1-3,10-11,19H,4-8H2/t10-,11+. The van der Waals surface area contributed by atoms with E-state index < -0.39 is 11.7 Å². The highest BCUT2D eigenvalue weighted by Crippen LogP contribution is 2.35. The van der Waals surface area contributed by atoms with E-state index in [9.17, 15) is 13.2 Å². The molecule has 2 saturated heterocycles. The molecule has 1 N–H and O–H groups in total. The van der Waals surface area contributed by atoms with Crippen molar-refractivity contribution < 1.29 is 13.2 Å². The van der Waals surface area contributed by atoms with Crippen LogP contribution in [0.25, 0.3) is 0 Å². The van der Waals surface area contributed by atoms with Crippen LogP contribution in [0.15, 0.2) is 22.7 Å². The van der Waals surface area contributed by atoms with Crippen LogP contribution in [0.5, 0.6) is 0 Å². The molecule has 2 aliphatic rings. The van der Waals surface area contributed by atoms with Crippen LogP contribution in [0.2, 0.25) is 0 Å². The third-order valence-corrected chi connectivity index (χ3v) is 4.73. The summed E-state index contributed by atoms with van der Waals surface area (Å²) in [6, 6.07) is 4.44. The second kappa shape index (κ2) is 5.31. The summed E-state index contributed by atoms with van der Waals surface area (Å²) in [5.41, 5.74) is -0.157. The summed E-state index contributed by atoms with van der Waals surface area (Å²) >= 11 is 3.12. The fraction of sp³-hybridized carbons (Fsp3) is 0.571. The van der Waals surface area contributed by atoms with Gasteiger partial charge in [0.2, 0.25) is 0 Å². The summed E-state index contributed by atoms with van der Waals surface area (Å²) in [7, 11) is 0. The first-order valence-corrected chi connectivity index (χ1v) is 7.51. The molecule has 0 aromatic heterocycles. The highest BCUT2D eigenvalue weighted by Gasteiger charge is 2.38. The number of hydrogen-bond donors (Lipinski definition) is 1. The first-order valence-electron chi connectivity index (χ1n) is 6.72. The summed E-state index contributed by atoms with van der Waals surface area (Å²) < 4.78 is 39.7. The van der Waals surface area contributed by atoms with E-state index in [1.165, 1.54) is 6.07 Å². The number of alkyl halides is 3. The molecule has 2 nitrogen and oxygen atoms in total. The molecule has 3 rings (SSSR count). The molecular formula is C14H16BrF3N2. The van der Waals surface area contributed by atoms with Gasteiger partial charge in [-0.15, -0.1) is 0 Å². The molecule has 0 radical (unpaired) electrons. The molecule has 6 heteroatoms. The zero-order chi connectivity index (χ0) is 14.3. The van der Waals surface area contributed by atoms with Gasteiger partial charge in [0, 0.05) is 24.1 Å². The Morgan fingerprint density at radius 1 is 1.20 bits per heavy atom.